The smallest absolute Gasteiger partial charge is 0.263 e. The van der Waals surface area contributed by atoms with Crippen molar-refractivity contribution in [2.45, 2.75) is 39.3 Å². The van der Waals surface area contributed by atoms with Crippen molar-refractivity contribution in [2.75, 3.05) is 9.80 Å². The lowest BCUT2D eigenvalue weighted by Crippen LogP contribution is -2.47. The zero-order valence-electron chi connectivity index (χ0n) is 16.7. The minimum Gasteiger partial charge on any atom is -0.361 e. The Morgan fingerprint density at radius 1 is 1.10 bits per heavy atom. The van der Waals surface area contributed by atoms with Crippen molar-refractivity contribution in [3.63, 3.8) is 0 Å². The van der Waals surface area contributed by atoms with E-state index < -0.39 is 0 Å². The van der Waals surface area contributed by atoms with E-state index in [9.17, 15) is 9.59 Å². The van der Waals surface area contributed by atoms with Crippen LogP contribution in [0.15, 0.2) is 65.3 Å². The van der Waals surface area contributed by atoms with Gasteiger partial charge >= 0.3 is 0 Å². The maximum absolute atomic E-state index is 13.3. The molecule has 3 aromatic rings. The lowest BCUT2D eigenvalue weighted by Gasteiger charge is -2.43. The van der Waals surface area contributed by atoms with Crippen molar-refractivity contribution in [3.8, 4) is 0 Å². The summed E-state index contributed by atoms with van der Waals surface area (Å²) >= 11 is 0. The molecular weight excluding hydrogens is 366 g/mol. The Hall–Kier alpha value is -3.41. The highest BCUT2D eigenvalue weighted by atomic mass is 16.5. The zero-order chi connectivity index (χ0) is 20.5. The second-order valence-electron chi connectivity index (χ2n) is 7.35. The van der Waals surface area contributed by atoms with Crippen LogP contribution in [0.25, 0.3) is 0 Å². The first-order chi connectivity index (χ1) is 14.0. The number of benzene rings is 2. The first kappa shape index (κ1) is 18.9. The number of rotatable bonds is 3. The maximum Gasteiger partial charge on any atom is 0.263 e. The van der Waals surface area contributed by atoms with Gasteiger partial charge < -0.3 is 14.3 Å². The number of aromatic nitrogens is 1. The minimum atomic E-state index is -0.159. The molecule has 2 aromatic carbocycles. The molecule has 1 aromatic heterocycles. The van der Waals surface area contributed by atoms with Gasteiger partial charge in [-0.15, -0.1) is 0 Å². The third kappa shape index (κ3) is 3.31. The topological polar surface area (TPSA) is 66.7 Å². The van der Waals surface area contributed by atoms with Crippen molar-refractivity contribution in [3.05, 3.63) is 77.7 Å². The molecule has 0 N–H and O–H groups in total. The van der Waals surface area contributed by atoms with E-state index in [-0.39, 0.29) is 23.9 Å². The lowest BCUT2D eigenvalue weighted by atomic mass is 9.89. The summed E-state index contributed by atoms with van der Waals surface area (Å²) in [6, 6.07) is 17.2. The number of fused-ring (bicyclic) bond motifs is 1. The number of aryl methyl sites for hydroxylation is 1. The van der Waals surface area contributed by atoms with E-state index in [1.54, 1.807) is 18.7 Å². The van der Waals surface area contributed by atoms with Crippen LogP contribution in [0.5, 0.6) is 0 Å². The standard InChI is InChI=1S/C23H23N3O3/c1-15-13-22(26(17(3)27)18-9-5-4-6-10-18)19-11-7-8-12-21(19)25(15)23(28)20-14-24-29-16(20)2/h4-12,14-15,22H,13H2,1-3H3/t15-,22+/m1/s1. The van der Waals surface area contributed by atoms with Crippen LogP contribution in [0.4, 0.5) is 11.4 Å². The maximum atomic E-state index is 13.3. The second kappa shape index (κ2) is 7.54. The van der Waals surface area contributed by atoms with Crippen molar-refractivity contribution >= 4 is 23.2 Å². The summed E-state index contributed by atoms with van der Waals surface area (Å²) < 4.78 is 5.10. The lowest BCUT2D eigenvalue weighted by molar-refractivity contribution is -0.117. The molecule has 0 bridgehead atoms. The summed E-state index contributed by atoms with van der Waals surface area (Å²) in [5.41, 5.74) is 3.06. The highest BCUT2D eigenvalue weighted by molar-refractivity contribution is 6.08. The molecule has 0 saturated carbocycles. The fourth-order valence-corrected chi connectivity index (χ4v) is 4.14. The highest BCUT2D eigenvalue weighted by Gasteiger charge is 2.38. The summed E-state index contributed by atoms with van der Waals surface area (Å²) in [5, 5.41) is 3.75. The van der Waals surface area contributed by atoms with Crippen molar-refractivity contribution in [1.82, 2.24) is 5.16 Å². The largest absolute Gasteiger partial charge is 0.361 e. The molecule has 4 rings (SSSR count). The molecule has 1 aliphatic heterocycles. The molecule has 1 aliphatic rings. The fourth-order valence-electron chi connectivity index (χ4n) is 4.14. The van der Waals surface area contributed by atoms with Gasteiger partial charge in [-0.2, -0.15) is 0 Å². The van der Waals surface area contributed by atoms with Crippen LogP contribution < -0.4 is 9.80 Å². The predicted molar refractivity (Wildman–Crippen MR) is 111 cm³/mol. The van der Waals surface area contributed by atoms with Crippen molar-refractivity contribution in [2.24, 2.45) is 0 Å². The van der Waals surface area contributed by atoms with Crippen LogP contribution >= 0.6 is 0 Å². The van der Waals surface area contributed by atoms with Crippen LogP contribution in [0.1, 0.15) is 48.0 Å². The number of anilines is 2. The quantitative estimate of drug-likeness (QED) is 0.661. The van der Waals surface area contributed by atoms with Gasteiger partial charge in [-0.25, -0.2) is 0 Å². The van der Waals surface area contributed by atoms with Gasteiger partial charge in [-0.05, 0) is 44.0 Å². The molecule has 0 spiro atoms. The number of para-hydroxylation sites is 2. The summed E-state index contributed by atoms with van der Waals surface area (Å²) in [4.78, 5) is 29.5. The molecule has 2 atom stereocenters. The van der Waals surface area contributed by atoms with E-state index in [2.05, 4.69) is 5.16 Å². The van der Waals surface area contributed by atoms with Gasteiger partial charge in [-0.1, -0.05) is 41.6 Å². The van der Waals surface area contributed by atoms with E-state index in [4.69, 9.17) is 4.52 Å². The number of amides is 2. The Morgan fingerprint density at radius 2 is 1.79 bits per heavy atom. The fraction of sp³-hybridized carbons (Fsp3) is 0.261. The average Bonchev–Trinajstić information content (AvgIpc) is 3.14. The molecule has 148 valence electrons. The van der Waals surface area contributed by atoms with Crippen LogP contribution in [-0.2, 0) is 4.79 Å². The van der Waals surface area contributed by atoms with E-state index in [0.29, 0.717) is 17.7 Å². The molecule has 2 amide bonds. The van der Waals surface area contributed by atoms with Crippen molar-refractivity contribution in [1.29, 1.82) is 0 Å². The molecular formula is C23H23N3O3. The van der Waals surface area contributed by atoms with Gasteiger partial charge in [0.05, 0.1) is 12.2 Å². The molecule has 6 nitrogen and oxygen atoms in total. The van der Waals surface area contributed by atoms with E-state index in [0.717, 1.165) is 16.9 Å². The predicted octanol–water partition coefficient (Wildman–Crippen LogP) is 4.52. The second-order valence-corrected chi connectivity index (χ2v) is 7.35. The summed E-state index contributed by atoms with van der Waals surface area (Å²) in [7, 11) is 0. The van der Waals surface area contributed by atoms with Gasteiger partial charge in [-0.3, -0.25) is 9.59 Å². The molecule has 0 aliphatic carbocycles. The number of nitrogens with zero attached hydrogens (tertiary/aromatic N) is 3. The summed E-state index contributed by atoms with van der Waals surface area (Å²) in [6.07, 6.45) is 2.09. The van der Waals surface area contributed by atoms with Gasteiger partial charge in [0.25, 0.3) is 5.91 Å². The monoisotopic (exact) mass is 389 g/mol. The third-order valence-electron chi connectivity index (χ3n) is 5.45. The van der Waals surface area contributed by atoms with E-state index in [1.165, 1.54) is 6.20 Å². The van der Waals surface area contributed by atoms with Crippen LogP contribution in [0.3, 0.4) is 0 Å². The Labute approximate surface area is 169 Å². The van der Waals surface area contributed by atoms with Crippen LogP contribution in [0.2, 0.25) is 0 Å². The molecule has 0 radical (unpaired) electrons. The van der Waals surface area contributed by atoms with Gasteiger partial charge in [0.2, 0.25) is 5.91 Å². The third-order valence-corrected chi connectivity index (χ3v) is 5.45. The molecule has 0 fully saturated rings. The van der Waals surface area contributed by atoms with Gasteiger partial charge in [0, 0.05) is 24.3 Å². The number of hydrogen-bond donors (Lipinski definition) is 0. The molecule has 29 heavy (non-hydrogen) atoms. The van der Waals surface area contributed by atoms with Crippen LogP contribution in [0, 0.1) is 6.92 Å². The van der Waals surface area contributed by atoms with E-state index in [1.807, 2.05) is 66.4 Å². The Balaban J connectivity index is 1.80. The van der Waals surface area contributed by atoms with Gasteiger partial charge in [0.1, 0.15) is 11.3 Å². The number of carbonyl (C=O) groups is 2. The number of carbonyl (C=O) groups excluding carboxylic acids is 2. The molecule has 2 heterocycles. The molecule has 0 saturated heterocycles. The normalized spacial score (nSPS) is 18.2. The summed E-state index contributed by atoms with van der Waals surface area (Å²) in [5.74, 6) is 0.325. The summed E-state index contributed by atoms with van der Waals surface area (Å²) in [6.45, 7) is 5.32. The van der Waals surface area contributed by atoms with E-state index >= 15 is 0 Å². The molecule has 6 heteroatoms. The number of hydrogen-bond acceptors (Lipinski definition) is 4. The Kier molecular flexibility index (Phi) is 4.92. The molecule has 0 unspecified atom stereocenters. The average molecular weight is 389 g/mol. The van der Waals surface area contributed by atoms with Crippen molar-refractivity contribution < 1.29 is 14.1 Å². The first-order valence-corrected chi connectivity index (χ1v) is 9.67. The van der Waals surface area contributed by atoms with Crippen LogP contribution in [-0.4, -0.2) is 23.0 Å². The van der Waals surface area contributed by atoms with Gasteiger partial charge in [0.15, 0.2) is 0 Å². The Morgan fingerprint density at radius 3 is 2.45 bits per heavy atom. The highest BCUT2D eigenvalue weighted by Crippen LogP contribution is 2.42. The minimum absolute atomic E-state index is 0.0298. The Bertz CT molecular complexity index is 1040. The first-order valence-electron chi connectivity index (χ1n) is 9.67. The zero-order valence-corrected chi connectivity index (χ0v) is 16.7. The SMILES string of the molecule is CC(=O)N(c1ccccc1)[C@H]1C[C@@H](C)N(C(=O)c2cnoc2C)c2ccccc21.